The van der Waals surface area contributed by atoms with Crippen LogP contribution in [-0.4, -0.2) is 67.7 Å². The highest BCUT2D eigenvalue weighted by molar-refractivity contribution is 7.90. The van der Waals surface area contributed by atoms with Gasteiger partial charge in [0.25, 0.3) is 5.91 Å². The number of nitrogens with one attached hydrogen (secondary N) is 2. The Morgan fingerprint density at radius 3 is 2.67 bits per heavy atom. The molecule has 27 heavy (non-hydrogen) atoms. The van der Waals surface area contributed by atoms with Crippen LogP contribution in [0, 0.1) is 5.92 Å². The van der Waals surface area contributed by atoms with Crippen LogP contribution in [-0.2, 0) is 10.2 Å². The molecule has 3 aliphatic heterocycles. The van der Waals surface area contributed by atoms with E-state index in [0.717, 1.165) is 46.9 Å². The quantitative estimate of drug-likeness (QED) is 0.777. The third-order valence-electron chi connectivity index (χ3n) is 5.39. The van der Waals surface area contributed by atoms with E-state index in [1.807, 2.05) is 0 Å². The number of hydrogen-bond acceptors (Lipinski definition) is 6. The normalized spacial score (nSPS) is 25.1. The van der Waals surface area contributed by atoms with Crippen LogP contribution >= 0.6 is 11.5 Å². The third-order valence-corrected chi connectivity index (χ3v) is 7.65. The molecule has 0 spiro atoms. The van der Waals surface area contributed by atoms with Crippen LogP contribution < -0.4 is 10.0 Å². The maximum atomic E-state index is 12.8. The number of nitrogens with zero attached hydrogens (tertiary/aromatic N) is 3. The molecule has 2 aromatic rings. The number of anilines is 1. The van der Waals surface area contributed by atoms with Crippen molar-refractivity contribution in [1.82, 2.24) is 18.9 Å². The van der Waals surface area contributed by atoms with E-state index in [9.17, 15) is 13.2 Å². The molecule has 10 heteroatoms. The molecule has 1 aromatic carbocycles. The molecule has 146 valence electrons. The lowest BCUT2D eigenvalue weighted by Gasteiger charge is -2.44. The first kappa shape index (κ1) is 18.6. The number of carbonyl (C=O) groups is 1. The van der Waals surface area contributed by atoms with Crippen molar-refractivity contribution in [3.63, 3.8) is 0 Å². The van der Waals surface area contributed by atoms with Crippen molar-refractivity contribution >= 4 is 43.4 Å². The van der Waals surface area contributed by atoms with Crippen LogP contribution in [0.15, 0.2) is 18.2 Å². The van der Waals surface area contributed by atoms with E-state index in [1.165, 1.54) is 25.6 Å². The Labute approximate surface area is 162 Å². The van der Waals surface area contributed by atoms with Gasteiger partial charge in [0.05, 0.1) is 10.4 Å². The molecule has 3 saturated heterocycles. The fourth-order valence-corrected chi connectivity index (χ4v) is 5.19. The molecule has 3 aliphatic rings. The molecule has 0 saturated carbocycles. The molecule has 0 aliphatic carbocycles. The van der Waals surface area contributed by atoms with Crippen molar-refractivity contribution in [1.29, 1.82) is 0 Å². The summed E-state index contributed by atoms with van der Waals surface area (Å²) in [5, 5.41) is 3.90. The Kier molecular flexibility index (Phi) is 4.83. The number of benzene rings is 1. The Hall–Kier alpha value is -1.75. The molecule has 8 nitrogen and oxygen atoms in total. The molecule has 2 N–H and O–H groups in total. The van der Waals surface area contributed by atoms with E-state index in [1.54, 1.807) is 18.2 Å². The van der Waals surface area contributed by atoms with Crippen molar-refractivity contribution in [2.24, 2.45) is 5.92 Å². The molecule has 3 fully saturated rings. The first-order valence-corrected chi connectivity index (χ1v) is 11.2. The zero-order valence-electron chi connectivity index (χ0n) is 15.3. The van der Waals surface area contributed by atoms with Gasteiger partial charge in [-0.2, -0.15) is 17.1 Å². The topological polar surface area (TPSA) is 94.6 Å². The minimum Gasteiger partial charge on any atom is -0.346 e. The minimum absolute atomic E-state index is 0.151. The van der Waals surface area contributed by atoms with Gasteiger partial charge in [0.2, 0.25) is 0 Å². The second kappa shape index (κ2) is 7.01. The highest BCUT2D eigenvalue weighted by atomic mass is 32.2. The summed E-state index contributed by atoms with van der Waals surface area (Å²) >= 11 is 1.20. The summed E-state index contributed by atoms with van der Waals surface area (Å²) in [5.74, 6) is 0.400. The zero-order valence-corrected chi connectivity index (χ0v) is 16.9. The maximum Gasteiger partial charge on any atom is 0.301 e. The summed E-state index contributed by atoms with van der Waals surface area (Å²) in [7, 11) is -0.644. The van der Waals surface area contributed by atoms with Crippen LogP contribution in [0.5, 0.6) is 0 Å². The SMILES string of the molecule is CN(C)S(=O)(=O)Nc1ccc2c(C(=O)N[C@@H]3CN4CCC3CC4)nsc2c1. The second-order valence-electron chi connectivity index (χ2n) is 7.35. The molecule has 0 radical (unpaired) electrons. The van der Waals surface area contributed by atoms with E-state index >= 15 is 0 Å². The monoisotopic (exact) mass is 409 g/mol. The van der Waals surface area contributed by atoms with Gasteiger partial charge in [0.15, 0.2) is 0 Å². The van der Waals surface area contributed by atoms with Crippen molar-refractivity contribution in [2.45, 2.75) is 18.9 Å². The molecular formula is C17H23N5O3S2. The fourth-order valence-electron chi connectivity index (χ4n) is 3.77. The van der Waals surface area contributed by atoms with Gasteiger partial charge in [0.1, 0.15) is 5.69 Å². The lowest BCUT2D eigenvalue weighted by atomic mass is 9.84. The maximum absolute atomic E-state index is 12.8. The van der Waals surface area contributed by atoms with Crippen molar-refractivity contribution in [2.75, 3.05) is 38.5 Å². The van der Waals surface area contributed by atoms with E-state index in [-0.39, 0.29) is 11.9 Å². The van der Waals surface area contributed by atoms with E-state index in [4.69, 9.17) is 0 Å². The van der Waals surface area contributed by atoms with Crippen LogP contribution in [0.3, 0.4) is 0 Å². The first-order chi connectivity index (χ1) is 12.8. The number of amides is 1. The van der Waals surface area contributed by atoms with Gasteiger partial charge in [0, 0.05) is 32.1 Å². The number of fused-ring (bicyclic) bond motifs is 4. The summed E-state index contributed by atoms with van der Waals surface area (Å²) in [5.41, 5.74) is 0.859. The molecule has 0 unspecified atom stereocenters. The number of piperidine rings is 3. The Balaban J connectivity index is 1.52. The van der Waals surface area contributed by atoms with Crippen LogP contribution in [0.1, 0.15) is 23.3 Å². The predicted octanol–water partition coefficient (Wildman–Crippen LogP) is 1.34. The summed E-state index contributed by atoms with van der Waals surface area (Å²) in [6.07, 6.45) is 2.27. The number of aromatic nitrogens is 1. The third kappa shape index (κ3) is 3.66. The van der Waals surface area contributed by atoms with Crippen molar-refractivity contribution in [3.8, 4) is 0 Å². The minimum atomic E-state index is -3.57. The second-order valence-corrected chi connectivity index (χ2v) is 10.0. The molecule has 1 atom stereocenters. The Morgan fingerprint density at radius 2 is 2.04 bits per heavy atom. The van der Waals surface area contributed by atoms with Crippen LogP contribution in [0.25, 0.3) is 10.1 Å². The van der Waals surface area contributed by atoms with Gasteiger partial charge in [-0.3, -0.25) is 9.52 Å². The highest BCUT2D eigenvalue weighted by Crippen LogP contribution is 2.29. The van der Waals surface area contributed by atoms with Crippen LogP contribution in [0.2, 0.25) is 0 Å². The average molecular weight is 410 g/mol. The van der Waals surface area contributed by atoms with Crippen molar-refractivity contribution in [3.05, 3.63) is 23.9 Å². The fraction of sp³-hybridized carbons (Fsp3) is 0.529. The first-order valence-electron chi connectivity index (χ1n) is 8.96. The smallest absolute Gasteiger partial charge is 0.301 e. The van der Waals surface area contributed by atoms with Gasteiger partial charge in [-0.15, -0.1) is 0 Å². The Bertz CT molecular complexity index is 964. The Morgan fingerprint density at radius 1 is 1.30 bits per heavy atom. The van der Waals surface area contributed by atoms with E-state index in [0.29, 0.717) is 17.3 Å². The van der Waals surface area contributed by atoms with Crippen molar-refractivity contribution < 1.29 is 13.2 Å². The van der Waals surface area contributed by atoms with Crippen LogP contribution in [0.4, 0.5) is 5.69 Å². The van der Waals surface area contributed by atoms with Gasteiger partial charge in [-0.05, 0) is 61.6 Å². The van der Waals surface area contributed by atoms with E-state index < -0.39 is 10.2 Å². The summed E-state index contributed by atoms with van der Waals surface area (Å²) in [4.78, 5) is 15.2. The lowest BCUT2D eigenvalue weighted by molar-refractivity contribution is 0.0619. The standard InChI is InChI=1S/C17H23N5O3S2/c1-21(2)27(24,25)20-12-3-4-13-15(9-12)26-19-16(13)17(23)18-14-10-22-7-5-11(14)6-8-22/h3-4,9,11,14,20H,5-8,10H2,1-2H3,(H,18,23)/t14-/m1/s1. The molecule has 5 rings (SSSR count). The predicted molar refractivity (Wildman–Crippen MR) is 106 cm³/mol. The zero-order chi connectivity index (χ0) is 19.2. The number of rotatable bonds is 5. The summed E-state index contributed by atoms with van der Waals surface area (Å²) in [6.45, 7) is 3.17. The largest absolute Gasteiger partial charge is 0.346 e. The highest BCUT2D eigenvalue weighted by Gasteiger charge is 2.35. The molecule has 4 heterocycles. The van der Waals surface area contributed by atoms with Gasteiger partial charge in [-0.25, -0.2) is 0 Å². The van der Waals surface area contributed by atoms with Gasteiger partial charge < -0.3 is 10.2 Å². The van der Waals surface area contributed by atoms with Gasteiger partial charge >= 0.3 is 10.2 Å². The van der Waals surface area contributed by atoms with E-state index in [2.05, 4.69) is 19.3 Å². The summed E-state index contributed by atoms with van der Waals surface area (Å²) in [6, 6.07) is 5.29. The number of carbonyl (C=O) groups excluding carboxylic acids is 1. The molecular weight excluding hydrogens is 386 g/mol. The average Bonchev–Trinajstić information content (AvgIpc) is 3.05. The lowest BCUT2D eigenvalue weighted by Crippen LogP contribution is -2.57. The molecule has 1 aromatic heterocycles. The van der Waals surface area contributed by atoms with Gasteiger partial charge in [-0.1, -0.05) is 0 Å². The number of hydrogen-bond donors (Lipinski definition) is 2. The summed E-state index contributed by atoms with van der Waals surface area (Å²) < 4.78 is 32.6. The molecule has 2 bridgehead atoms. The molecule has 1 amide bonds.